The first-order valence-electron chi connectivity index (χ1n) is 10.3. The maximum atomic E-state index is 12.0. The van der Waals surface area contributed by atoms with Crippen LogP contribution in [0.4, 0.5) is 0 Å². The highest BCUT2D eigenvalue weighted by Crippen LogP contribution is 2.10. The van der Waals surface area contributed by atoms with Gasteiger partial charge in [0, 0.05) is 38.7 Å². The number of allylic oxidation sites excluding steroid dienone is 1. The van der Waals surface area contributed by atoms with Gasteiger partial charge in [0.25, 0.3) is 0 Å². The third-order valence-electron chi connectivity index (χ3n) is 4.95. The number of nitrogens with zero attached hydrogens (tertiary/aromatic N) is 2. The molecule has 2 aliphatic heterocycles. The lowest BCUT2D eigenvalue weighted by Crippen LogP contribution is -2.32. The number of ether oxygens (including phenoxy) is 4. The first-order valence-corrected chi connectivity index (χ1v) is 10.3. The molecule has 166 valence electrons. The van der Waals surface area contributed by atoms with E-state index < -0.39 is 5.97 Å². The molecule has 0 N–H and O–H groups in total. The Kier molecular flexibility index (Phi) is 11.0. The van der Waals surface area contributed by atoms with Crippen LogP contribution >= 0.6 is 0 Å². The normalized spacial score (nSPS) is 25.4. The molecule has 8 heteroatoms. The van der Waals surface area contributed by atoms with Gasteiger partial charge in [0.1, 0.15) is 13.2 Å². The molecule has 0 spiro atoms. The minimum absolute atomic E-state index is 0.0794. The fourth-order valence-electron chi connectivity index (χ4n) is 3.28. The quantitative estimate of drug-likeness (QED) is 0.372. The van der Waals surface area contributed by atoms with E-state index in [0.717, 1.165) is 52.1 Å². The van der Waals surface area contributed by atoms with E-state index in [-0.39, 0.29) is 19.0 Å². The first kappa shape index (κ1) is 23.9. The molecular weight excluding hydrogens is 388 g/mol. The van der Waals surface area contributed by atoms with Gasteiger partial charge in [-0.05, 0) is 37.9 Å². The molecule has 2 aliphatic rings. The standard InChI is InChI=1S/C22H32N2O6/c1-27-20-7-8-22(26)30-17-5-12-23-10-4-11-24(15-14-23)13-9-19(25)6-3-16-29-18-21(20)28-2/h7-8H,4-5,9-18H2,1-2H3. The summed E-state index contributed by atoms with van der Waals surface area (Å²) in [4.78, 5) is 28.7. The summed E-state index contributed by atoms with van der Waals surface area (Å²) in [6.45, 7) is 6.03. The highest BCUT2D eigenvalue weighted by molar-refractivity contribution is 5.95. The van der Waals surface area contributed by atoms with Gasteiger partial charge >= 0.3 is 5.97 Å². The van der Waals surface area contributed by atoms with Gasteiger partial charge in [-0.25, -0.2) is 4.79 Å². The Morgan fingerprint density at radius 1 is 0.933 bits per heavy atom. The average Bonchev–Trinajstić information content (AvgIpc) is 2.98. The van der Waals surface area contributed by atoms with Gasteiger partial charge in [0.05, 0.1) is 20.8 Å². The molecule has 0 saturated carbocycles. The van der Waals surface area contributed by atoms with Crippen LogP contribution in [0.25, 0.3) is 0 Å². The van der Waals surface area contributed by atoms with Crippen LogP contribution < -0.4 is 0 Å². The van der Waals surface area contributed by atoms with Crippen molar-refractivity contribution in [1.82, 2.24) is 9.80 Å². The number of hydrogen-bond acceptors (Lipinski definition) is 8. The van der Waals surface area contributed by atoms with E-state index in [2.05, 4.69) is 21.6 Å². The Morgan fingerprint density at radius 2 is 1.67 bits per heavy atom. The third kappa shape index (κ3) is 8.99. The summed E-state index contributed by atoms with van der Waals surface area (Å²) in [5, 5.41) is 0. The summed E-state index contributed by atoms with van der Waals surface area (Å²) in [5.74, 6) is 5.64. The smallest absolute Gasteiger partial charge is 0.330 e. The molecule has 2 heterocycles. The summed E-state index contributed by atoms with van der Waals surface area (Å²) < 4.78 is 21.3. The summed E-state index contributed by atoms with van der Waals surface area (Å²) in [7, 11) is 2.97. The molecule has 0 radical (unpaired) electrons. The minimum atomic E-state index is -0.432. The zero-order chi connectivity index (χ0) is 21.6. The molecule has 0 aromatic carbocycles. The van der Waals surface area contributed by atoms with Crippen molar-refractivity contribution in [2.45, 2.75) is 19.3 Å². The van der Waals surface area contributed by atoms with Crippen LogP contribution in [0.2, 0.25) is 0 Å². The van der Waals surface area contributed by atoms with Crippen LogP contribution in [0.15, 0.2) is 23.7 Å². The number of carbonyl (C=O) groups is 2. The van der Waals surface area contributed by atoms with Gasteiger partial charge in [-0.2, -0.15) is 0 Å². The molecular formula is C22H32N2O6. The van der Waals surface area contributed by atoms with Gasteiger partial charge < -0.3 is 28.7 Å². The van der Waals surface area contributed by atoms with Crippen molar-refractivity contribution in [1.29, 1.82) is 0 Å². The molecule has 8 nitrogen and oxygen atoms in total. The Labute approximate surface area is 178 Å². The second-order valence-corrected chi connectivity index (χ2v) is 7.05. The molecule has 2 bridgehead atoms. The largest absolute Gasteiger partial charge is 0.495 e. The fourth-order valence-corrected chi connectivity index (χ4v) is 3.28. The van der Waals surface area contributed by atoms with E-state index in [9.17, 15) is 9.59 Å². The molecule has 1 fully saturated rings. The number of methoxy groups -OCH3 is 2. The number of Topliss-reactive ketones (excluding diaryl/α,β-unsaturated/α-hetero) is 1. The third-order valence-corrected chi connectivity index (χ3v) is 4.95. The molecule has 0 amide bonds. The van der Waals surface area contributed by atoms with Crippen molar-refractivity contribution in [2.24, 2.45) is 0 Å². The van der Waals surface area contributed by atoms with Crippen LogP contribution in [0.3, 0.4) is 0 Å². The molecule has 0 aromatic heterocycles. The Morgan fingerprint density at radius 3 is 2.40 bits per heavy atom. The number of ketones is 1. The van der Waals surface area contributed by atoms with Gasteiger partial charge in [-0.1, -0.05) is 5.92 Å². The van der Waals surface area contributed by atoms with Crippen LogP contribution in [-0.2, 0) is 28.5 Å². The average molecular weight is 421 g/mol. The molecule has 2 atom stereocenters. The topological polar surface area (TPSA) is 77.5 Å². The number of rotatable bonds is 2. The maximum absolute atomic E-state index is 12.0. The first-order chi connectivity index (χ1) is 14.6. The van der Waals surface area contributed by atoms with Crippen LogP contribution in [-0.4, -0.2) is 94.9 Å². The lowest BCUT2D eigenvalue weighted by molar-refractivity contribution is -0.138. The maximum Gasteiger partial charge on any atom is 0.330 e. The van der Waals surface area contributed by atoms with Crippen LogP contribution in [0.1, 0.15) is 19.3 Å². The van der Waals surface area contributed by atoms with Crippen molar-refractivity contribution < 1.29 is 28.5 Å². The zero-order valence-electron chi connectivity index (χ0n) is 18.0. The van der Waals surface area contributed by atoms with E-state index >= 15 is 0 Å². The van der Waals surface area contributed by atoms with E-state index in [1.54, 1.807) is 0 Å². The highest BCUT2D eigenvalue weighted by atomic mass is 16.5. The van der Waals surface area contributed by atoms with E-state index in [0.29, 0.717) is 24.5 Å². The number of esters is 1. The Bertz CT molecular complexity index is 691. The van der Waals surface area contributed by atoms with Crippen molar-refractivity contribution in [3.63, 3.8) is 0 Å². The highest BCUT2D eigenvalue weighted by Gasteiger charge is 2.15. The zero-order valence-corrected chi connectivity index (χ0v) is 18.0. The second kappa shape index (κ2) is 13.8. The summed E-state index contributed by atoms with van der Waals surface area (Å²) in [5.41, 5.74) is 0. The molecule has 2 unspecified atom stereocenters. The Hall–Kier alpha value is -2.34. The second-order valence-electron chi connectivity index (χ2n) is 7.05. The van der Waals surface area contributed by atoms with Crippen molar-refractivity contribution >= 4 is 11.8 Å². The lowest BCUT2D eigenvalue weighted by atomic mass is 10.2. The monoisotopic (exact) mass is 420 g/mol. The summed E-state index contributed by atoms with van der Waals surface area (Å²) in [6.07, 6.45) is 5.06. The minimum Gasteiger partial charge on any atom is -0.495 e. The van der Waals surface area contributed by atoms with Crippen molar-refractivity contribution in [3.8, 4) is 11.8 Å². The fraction of sp³-hybridized carbons (Fsp3) is 0.636. The van der Waals surface area contributed by atoms with Gasteiger partial charge in [0.2, 0.25) is 5.78 Å². The predicted octanol–water partition coefficient (Wildman–Crippen LogP) is 0.981. The number of hydrogen-bond donors (Lipinski definition) is 0. The van der Waals surface area contributed by atoms with Gasteiger partial charge in [-0.15, -0.1) is 0 Å². The lowest BCUT2D eigenvalue weighted by Gasteiger charge is -2.21. The van der Waals surface area contributed by atoms with E-state index in [1.165, 1.54) is 26.4 Å². The van der Waals surface area contributed by atoms with Gasteiger partial charge in [0.15, 0.2) is 11.5 Å². The number of carbonyl (C=O) groups excluding carboxylic acids is 2. The summed E-state index contributed by atoms with van der Waals surface area (Å²) >= 11 is 0. The predicted molar refractivity (Wildman–Crippen MR) is 111 cm³/mol. The van der Waals surface area contributed by atoms with Crippen molar-refractivity contribution in [3.05, 3.63) is 23.7 Å². The molecule has 1 saturated heterocycles. The molecule has 0 aromatic rings. The summed E-state index contributed by atoms with van der Waals surface area (Å²) in [6, 6.07) is 0. The van der Waals surface area contributed by atoms with E-state index in [4.69, 9.17) is 18.9 Å². The number of cyclic esters (lactones) is 1. The van der Waals surface area contributed by atoms with Crippen LogP contribution in [0, 0.1) is 11.8 Å². The Balaban J connectivity index is 2.04. The van der Waals surface area contributed by atoms with E-state index in [1.807, 2.05) is 0 Å². The molecule has 2 rings (SSSR count). The van der Waals surface area contributed by atoms with Gasteiger partial charge in [-0.3, -0.25) is 4.79 Å². The van der Waals surface area contributed by atoms with Crippen LogP contribution in [0.5, 0.6) is 0 Å². The van der Waals surface area contributed by atoms with Crippen molar-refractivity contribution in [2.75, 3.05) is 73.3 Å². The molecule has 30 heavy (non-hydrogen) atoms. The molecule has 0 aliphatic carbocycles. The number of fused-ring (bicyclic) bond motifs is 3. The SMILES string of the molecule is COC1=C(OC)COCC#CC(=O)CCN2CCCN(CCCOC(=O)C=C1)CC2.